The Morgan fingerprint density at radius 3 is 2.29 bits per heavy atom. The van der Waals surface area contributed by atoms with Gasteiger partial charge in [0.15, 0.2) is 0 Å². The van der Waals surface area contributed by atoms with Gasteiger partial charge in [0.05, 0.1) is 10.4 Å². The minimum atomic E-state index is -0.821. The van der Waals surface area contributed by atoms with E-state index in [1.807, 2.05) is 41.0 Å². The molecule has 11 heteroatoms. The van der Waals surface area contributed by atoms with Gasteiger partial charge in [0.25, 0.3) is 11.8 Å². The minimum Gasteiger partial charge on any atom is -0.372 e. The van der Waals surface area contributed by atoms with Crippen LogP contribution in [0.1, 0.15) is 18.7 Å². The van der Waals surface area contributed by atoms with Crippen molar-refractivity contribution in [3.8, 4) is 0 Å². The number of thiophene rings is 1. The van der Waals surface area contributed by atoms with Crippen LogP contribution in [-0.2, 0) is 9.59 Å². The van der Waals surface area contributed by atoms with Crippen LogP contribution in [0.4, 0.5) is 21.3 Å². The number of carbonyl (C=O) groups is 3. The number of imide groups is 2. The predicted octanol–water partition coefficient (Wildman–Crippen LogP) is 4.37. The molecule has 1 aliphatic heterocycles. The maximum absolute atomic E-state index is 11.8. The quantitative estimate of drug-likeness (QED) is 0.326. The van der Waals surface area contributed by atoms with Gasteiger partial charge in [-0.3, -0.25) is 20.2 Å². The number of azo groups is 1. The topological polar surface area (TPSA) is 116 Å². The second kappa shape index (κ2) is 8.74. The summed E-state index contributed by atoms with van der Waals surface area (Å²) in [6, 6.07) is 8.88. The molecule has 31 heavy (non-hydrogen) atoms. The smallest absolute Gasteiger partial charge is 0.328 e. The summed E-state index contributed by atoms with van der Waals surface area (Å²) in [4.78, 5) is 42.9. The maximum Gasteiger partial charge on any atom is 0.328 e. The van der Waals surface area contributed by atoms with Crippen LogP contribution in [0, 0.1) is 0 Å². The fraction of sp³-hybridized carbons (Fsp3) is 0.200. The number of benzene rings is 1. The molecule has 0 bridgehead atoms. The van der Waals surface area contributed by atoms with Crippen molar-refractivity contribution in [1.29, 1.82) is 0 Å². The van der Waals surface area contributed by atoms with Gasteiger partial charge in [-0.05, 0) is 50.3 Å². The van der Waals surface area contributed by atoms with E-state index in [1.165, 1.54) is 28.7 Å². The van der Waals surface area contributed by atoms with Crippen molar-refractivity contribution in [3.63, 3.8) is 0 Å². The van der Waals surface area contributed by atoms with Gasteiger partial charge in [-0.1, -0.05) is 11.3 Å². The molecular formula is C20H18N6O3S2. The van der Waals surface area contributed by atoms with Crippen LogP contribution in [0.3, 0.4) is 0 Å². The highest BCUT2D eigenvalue weighted by molar-refractivity contribution is 7.29. The molecule has 0 radical (unpaired) electrons. The SMILES string of the molecule is CCN(CC)c1ccc(N=Nc2nc3sc(C=C4C(=O)NC(=O)NC4=O)cc3s2)cc1. The predicted molar refractivity (Wildman–Crippen MR) is 121 cm³/mol. The van der Waals surface area contributed by atoms with Crippen molar-refractivity contribution >= 4 is 72.6 Å². The molecule has 9 nitrogen and oxygen atoms in total. The van der Waals surface area contributed by atoms with Gasteiger partial charge in [-0.25, -0.2) is 9.78 Å². The molecule has 0 unspecified atom stereocenters. The number of anilines is 1. The monoisotopic (exact) mass is 454 g/mol. The number of nitrogens with one attached hydrogen (secondary N) is 2. The molecule has 4 amide bonds. The molecule has 2 aromatic heterocycles. The van der Waals surface area contributed by atoms with Crippen molar-refractivity contribution in [2.24, 2.45) is 10.2 Å². The van der Waals surface area contributed by atoms with Gasteiger partial charge in [0, 0.05) is 23.7 Å². The number of barbiturate groups is 1. The first-order chi connectivity index (χ1) is 15.0. The fourth-order valence-corrected chi connectivity index (χ4v) is 5.01. The minimum absolute atomic E-state index is 0.124. The highest BCUT2D eigenvalue weighted by Gasteiger charge is 2.28. The Morgan fingerprint density at radius 1 is 1.00 bits per heavy atom. The van der Waals surface area contributed by atoms with E-state index in [4.69, 9.17) is 0 Å². The van der Waals surface area contributed by atoms with Crippen LogP contribution in [0.25, 0.3) is 15.6 Å². The van der Waals surface area contributed by atoms with Crippen molar-refractivity contribution < 1.29 is 14.4 Å². The van der Waals surface area contributed by atoms with Gasteiger partial charge in [0.1, 0.15) is 10.4 Å². The summed E-state index contributed by atoms with van der Waals surface area (Å²) >= 11 is 2.68. The Morgan fingerprint density at radius 2 is 1.68 bits per heavy atom. The Bertz CT molecular complexity index is 1170. The molecule has 3 heterocycles. The highest BCUT2D eigenvalue weighted by atomic mass is 32.1. The zero-order valence-corrected chi connectivity index (χ0v) is 18.3. The largest absolute Gasteiger partial charge is 0.372 e. The molecule has 2 N–H and O–H groups in total. The van der Waals surface area contributed by atoms with Gasteiger partial charge in [0.2, 0.25) is 5.13 Å². The second-order valence-corrected chi connectivity index (χ2v) is 8.57. The van der Waals surface area contributed by atoms with E-state index in [0.717, 1.165) is 34.0 Å². The Balaban J connectivity index is 1.49. The van der Waals surface area contributed by atoms with Crippen LogP contribution < -0.4 is 15.5 Å². The molecule has 0 atom stereocenters. The molecule has 1 aliphatic rings. The number of fused-ring (bicyclic) bond motifs is 1. The van der Waals surface area contributed by atoms with E-state index in [2.05, 4.69) is 34.0 Å². The van der Waals surface area contributed by atoms with Gasteiger partial charge in [-0.2, -0.15) is 0 Å². The summed E-state index contributed by atoms with van der Waals surface area (Å²) in [6.07, 6.45) is 1.44. The highest BCUT2D eigenvalue weighted by Crippen LogP contribution is 2.36. The zero-order chi connectivity index (χ0) is 22.0. The lowest BCUT2D eigenvalue weighted by atomic mass is 10.2. The molecule has 4 rings (SSSR count). The molecular weight excluding hydrogens is 436 g/mol. The number of thiazole rings is 1. The van der Waals surface area contributed by atoms with Crippen LogP contribution in [-0.4, -0.2) is 35.9 Å². The maximum atomic E-state index is 11.8. The third kappa shape index (κ3) is 4.52. The first-order valence-corrected chi connectivity index (χ1v) is 11.2. The molecule has 0 aliphatic carbocycles. The third-order valence-electron chi connectivity index (χ3n) is 4.56. The molecule has 1 saturated heterocycles. The number of amides is 4. The number of hydrogen-bond donors (Lipinski definition) is 2. The molecule has 158 valence electrons. The normalized spacial score (nSPS) is 14.3. The van der Waals surface area contributed by atoms with Gasteiger partial charge >= 0.3 is 6.03 Å². The molecule has 1 fully saturated rings. The van der Waals surface area contributed by atoms with Crippen molar-refractivity contribution in [2.75, 3.05) is 18.0 Å². The third-order valence-corrected chi connectivity index (χ3v) is 6.55. The number of aromatic nitrogens is 1. The zero-order valence-electron chi connectivity index (χ0n) is 16.7. The average Bonchev–Trinajstić information content (AvgIpc) is 3.29. The number of carbonyl (C=O) groups excluding carboxylic acids is 3. The average molecular weight is 455 g/mol. The summed E-state index contributed by atoms with van der Waals surface area (Å²) in [5, 5.41) is 13.1. The lowest BCUT2D eigenvalue weighted by Gasteiger charge is -2.20. The van der Waals surface area contributed by atoms with Crippen molar-refractivity contribution in [2.45, 2.75) is 13.8 Å². The first kappa shape index (κ1) is 20.8. The van der Waals surface area contributed by atoms with Crippen LogP contribution in [0.2, 0.25) is 0 Å². The van der Waals surface area contributed by atoms with E-state index in [-0.39, 0.29) is 5.57 Å². The van der Waals surface area contributed by atoms with E-state index in [9.17, 15) is 14.4 Å². The number of hydrogen-bond acceptors (Lipinski definition) is 9. The molecule has 0 saturated carbocycles. The van der Waals surface area contributed by atoms with E-state index in [0.29, 0.717) is 10.0 Å². The van der Waals surface area contributed by atoms with Crippen LogP contribution in [0.15, 0.2) is 46.1 Å². The Kier molecular flexibility index (Phi) is 5.87. The molecule has 1 aromatic carbocycles. The summed E-state index contributed by atoms with van der Waals surface area (Å²) < 4.78 is 0.871. The van der Waals surface area contributed by atoms with Gasteiger partial charge in [-0.15, -0.1) is 21.6 Å². The second-order valence-electron chi connectivity index (χ2n) is 6.50. The summed E-state index contributed by atoms with van der Waals surface area (Å²) in [5.41, 5.74) is 1.76. The number of nitrogens with zero attached hydrogens (tertiary/aromatic N) is 4. The number of rotatable bonds is 6. The molecule has 3 aromatic rings. The lowest BCUT2D eigenvalue weighted by Crippen LogP contribution is -2.51. The Hall–Kier alpha value is -3.44. The van der Waals surface area contributed by atoms with Crippen LogP contribution >= 0.6 is 22.7 Å². The van der Waals surface area contributed by atoms with Gasteiger partial charge < -0.3 is 4.90 Å². The number of urea groups is 1. The molecule has 0 spiro atoms. The fourth-order valence-electron chi connectivity index (χ4n) is 3.02. The Labute approximate surface area is 185 Å². The lowest BCUT2D eigenvalue weighted by molar-refractivity contribution is -0.123. The standard InChI is InChI=1S/C20H18N6O3S2/c1-3-26(4-2)12-7-5-11(6-8-12)24-25-20-23-18-15(31-20)10-13(30-18)9-14-16(27)21-19(29)22-17(14)28/h5-10H,3-4H2,1-2H3,(H2,21,22,27,28,29). The summed E-state index contributed by atoms with van der Waals surface area (Å²) in [7, 11) is 0. The summed E-state index contributed by atoms with van der Waals surface area (Å²) in [6.45, 7) is 6.12. The van der Waals surface area contributed by atoms with Crippen molar-refractivity contribution in [3.05, 3.63) is 40.8 Å². The van der Waals surface area contributed by atoms with E-state index in [1.54, 1.807) is 0 Å². The van der Waals surface area contributed by atoms with E-state index >= 15 is 0 Å². The summed E-state index contributed by atoms with van der Waals surface area (Å²) in [5.74, 6) is -1.44. The van der Waals surface area contributed by atoms with E-state index < -0.39 is 17.8 Å². The first-order valence-electron chi connectivity index (χ1n) is 9.52. The van der Waals surface area contributed by atoms with Crippen LogP contribution in [0.5, 0.6) is 0 Å². The van der Waals surface area contributed by atoms with Crippen molar-refractivity contribution in [1.82, 2.24) is 15.6 Å².